The Kier molecular flexibility index (Phi) is 21.8. The fourth-order valence-corrected chi connectivity index (χ4v) is 1.00. The first-order valence-electron chi connectivity index (χ1n) is 2.47. The smallest absolute Gasteiger partial charge is 0.0379 e. The molecule has 0 amide bonds. The molecule has 0 aliphatic carbocycles. The van der Waals surface area contributed by atoms with E-state index in [2.05, 4.69) is 23.1 Å². The monoisotopic (exact) mass is 176 g/mol. The zero-order valence-corrected chi connectivity index (χ0v) is 8.17. The van der Waals surface area contributed by atoms with Crippen LogP contribution in [0.1, 0.15) is 20.3 Å². The first-order valence-corrected chi connectivity index (χ1v) is 3.29. The summed E-state index contributed by atoms with van der Waals surface area (Å²) in [5.74, 6) is 0.877. The third-order valence-corrected chi connectivity index (χ3v) is 1.08. The molecule has 8 heavy (non-hydrogen) atoms. The van der Waals surface area contributed by atoms with Crippen molar-refractivity contribution in [2.45, 2.75) is 20.3 Å². The number of rotatable bonds is 2. The Bertz CT molecular complexity index is 31.6. The topological polar surface area (TPSA) is 0 Å². The summed E-state index contributed by atoms with van der Waals surface area (Å²) in [6.45, 7) is 4.48. The Balaban J connectivity index is -0.000000125. The molecule has 0 N–H and O–H groups in total. The van der Waals surface area contributed by atoms with Crippen LogP contribution in [-0.4, -0.2) is 6.16 Å². The van der Waals surface area contributed by atoms with Crippen molar-refractivity contribution in [3.63, 3.8) is 0 Å². The Labute approximate surface area is 66.8 Å². The van der Waals surface area contributed by atoms with Crippen molar-refractivity contribution in [2.24, 2.45) is 5.92 Å². The molecule has 0 spiro atoms. The second-order valence-electron chi connectivity index (χ2n) is 1.97. The van der Waals surface area contributed by atoms with E-state index in [0.717, 1.165) is 5.92 Å². The van der Waals surface area contributed by atoms with Gasteiger partial charge in [0.2, 0.25) is 0 Å². The normalized spacial score (nSPS) is 7.50. The summed E-state index contributed by atoms with van der Waals surface area (Å²) in [4.78, 5) is 0. The van der Waals surface area contributed by atoms with Crippen LogP contribution in [0.5, 0.6) is 0 Å². The van der Waals surface area contributed by atoms with Crippen LogP contribution in [0, 0.1) is 5.92 Å². The Morgan fingerprint density at radius 3 is 1.62 bits per heavy atom. The van der Waals surface area contributed by atoms with Gasteiger partial charge in [0.25, 0.3) is 0 Å². The number of hydrogen-bond acceptors (Lipinski definition) is 0. The van der Waals surface area contributed by atoms with Crippen LogP contribution in [0.4, 0.5) is 0 Å². The molecular weight excluding hydrogens is 162 g/mol. The third-order valence-electron chi connectivity index (χ3n) is 0.744. The van der Waals surface area contributed by atoms with Gasteiger partial charge in [0, 0.05) is 0 Å². The second kappa shape index (κ2) is 10.9. The van der Waals surface area contributed by atoms with E-state index in [1.54, 1.807) is 0 Å². The number of hydrogen-bond donors (Lipinski definition) is 0. The van der Waals surface area contributed by atoms with E-state index in [4.69, 9.17) is 0 Å². The van der Waals surface area contributed by atoms with Gasteiger partial charge in [0.05, 0.1) is 0 Å². The molecule has 0 fully saturated rings. The summed E-state index contributed by atoms with van der Waals surface area (Å²) in [5, 5.41) is 0. The largest absolute Gasteiger partial charge is 0.147 e. The first kappa shape index (κ1) is 16.0. The van der Waals surface area contributed by atoms with Gasteiger partial charge in [0.1, 0.15) is 0 Å². The quantitative estimate of drug-likeness (QED) is 0.569. The lowest BCUT2D eigenvalue weighted by Gasteiger charge is -1.95. The van der Waals surface area contributed by atoms with E-state index < -0.39 is 0 Å². The van der Waals surface area contributed by atoms with E-state index in [0.29, 0.717) is 0 Å². The lowest BCUT2D eigenvalue weighted by Crippen LogP contribution is -1.84. The van der Waals surface area contributed by atoms with Gasteiger partial charge in [-0.15, -0.1) is 34.1 Å². The van der Waals surface area contributed by atoms with Crippen molar-refractivity contribution in [3.8, 4) is 0 Å². The SMILES string of the molecule is CC(C)CCP.Cl.Cl. The van der Waals surface area contributed by atoms with Crippen molar-refractivity contribution in [1.29, 1.82) is 0 Å². The molecular formula is C5H15Cl2P. The average Bonchev–Trinajstić information content (AvgIpc) is 1.35. The fraction of sp³-hybridized carbons (Fsp3) is 1.00. The molecule has 0 heterocycles. The molecule has 0 radical (unpaired) electrons. The van der Waals surface area contributed by atoms with Gasteiger partial charge in [-0.05, 0) is 18.5 Å². The molecule has 54 valence electrons. The van der Waals surface area contributed by atoms with E-state index in [1.807, 2.05) is 0 Å². The average molecular weight is 177 g/mol. The van der Waals surface area contributed by atoms with Crippen LogP contribution in [0.2, 0.25) is 0 Å². The van der Waals surface area contributed by atoms with E-state index in [9.17, 15) is 0 Å². The van der Waals surface area contributed by atoms with Gasteiger partial charge < -0.3 is 0 Å². The minimum absolute atomic E-state index is 0. The number of halogens is 2. The molecule has 3 heteroatoms. The predicted molar refractivity (Wildman–Crippen MR) is 48.5 cm³/mol. The van der Waals surface area contributed by atoms with Crippen LogP contribution in [0.15, 0.2) is 0 Å². The van der Waals surface area contributed by atoms with Gasteiger partial charge in [-0.2, -0.15) is 0 Å². The second-order valence-corrected chi connectivity index (χ2v) is 2.55. The van der Waals surface area contributed by atoms with Crippen LogP contribution < -0.4 is 0 Å². The molecule has 0 nitrogen and oxygen atoms in total. The summed E-state index contributed by atoms with van der Waals surface area (Å²) in [5.41, 5.74) is 0. The zero-order valence-electron chi connectivity index (χ0n) is 5.39. The fourth-order valence-electron chi connectivity index (χ4n) is 0.333. The molecule has 0 aliphatic heterocycles. The predicted octanol–water partition coefficient (Wildman–Crippen LogP) is 2.75. The maximum atomic E-state index is 2.72. The van der Waals surface area contributed by atoms with Gasteiger partial charge >= 0.3 is 0 Å². The summed E-state index contributed by atoms with van der Waals surface area (Å²) in [7, 11) is 2.72. The zero-order chi connectivity index (χ0) is 4.99. The molecule has 0 saturated carbocycles. The minimum atomic E-state index is 0. The van der Waals surface area contributed by atoms with Crippen LogP contribution in [0.25, 0.3) is 0 Å². The van der Waals surface area contributed by atoms with Crippen molar-refractivity contribution >= 4 is 34.1 Å². The molecule has 0 rings (SSSR count). The Morgan fingerprint density at radius 1 is 1.25 bits per heavy atom. The van der Waals surface area contributed by atoms with Crippen LogP contribution >= 0.6 is 34.1 Å². The van der Waals surface area contributed by atoms with Crippen LogP contribution in [-0.2, 0) is 0 Å². The standard InChI is InChI=1S/C5H13P.2ClH/c1-5(2)3-4-6;;/h5H,3-4,6H2,1-2H3;2*1H. The van der Waals surface area contributed by atoms with E-state index in [1.165, 1.54) is 12.6 Å². The lowest BCUT2D eigenvalue weighted by molar-refractivity contribution is 0.632. The van der Waals surface area contributed by atoms with Crippen LogP contribution in [0.3, 0.4) is 0 Å². The maximum absolute atomic E-state index is 2.72. The van der Waals surface area contributed by atoms with E-state index in [-0.39, 0.29) is 24.8 Å². The van der Waals surface area contributed by atoms with E-state index >= 15 is 0 Å². The highest BCUT2D eigenvalue weighted by Gasteiger charge is 1.85. The van der Waals surface area contributed by atoms with Crippen molar-refractivity contribution in [3.05, 3.63) is 0 Å². The van der Waals surface area contributed by atoms with Crippen molar-refractivity contribution in [1.82, 2.24) is 0 Å². The molecule has 0 bridgehead atoms. The Morgan fingerprint density at radius 2 is 1.62 bits per heavy atom. The molecule has 1 unspecified atom stereocenters. The third kappa shape index (κ3) is 15.7. The van der Waals surface area contributed by atoms with Crippen molar-refractivity contribution in [2.75, 3.05) is 6.16 Å². The molecule has 0 saturated heterocycles. The molecule has 0 aliphatic rings. The highest BCUT2D eigenvalue weighted by molar-refractivity contribution is 7.16. The summed E-state index contributed by atoms with van der Waals surface area (Å²) < 4.78 is 0. The molecule has 1 atom stereocenters. The van der Waals surface area contributed by atoms with Gasteiger partial charge in [-0.1, -0.05) is 13.8 Å². The summed E-state index contributed by atoms with van der Waals surface area (Å²) in [6.07, 6.45) is 2.59. The highest BCUT2D eigenvalue weighted by Crippen LogP contribution is 2.00. The van der Waals surface area contributed by atoms with Gasteiger partial charge in [-0.25, -0.2) is 0 Å². The minimum Gasteiger partial charge on any atom is -0.147 e. The molecule has 0 aromatic carbocycles. The summed E-state index contributed by atoms with van der Waals surface area (Å²) in [6, 6.07) is 0. The maximum Gasteiger partial charge on any atom is -0.0379 e. The summed E-state index contributed by atoms with van der Waals surface area (Å²) >= 11 is 0. The van der Waals surface area contributed by atoms with Crippen molar-refractivity contribution < 1.29 is 0 Å². The van der Waals surface area contributed by atoms with Gasteiger partial charge in [-0.3, -0.25) is 0 Å². The first-order chi connectivity index (χ1) is 2.77. The highest BCUT2D eigenvalue weighted by atomic mass is 35.5. The van der Waals surface area contributed by atoms with Gasteiger partial charge in [0.15, 0.2) is 0 Å². The molecule has 0 aromatic rings. The Hall–Kier alpha value is 1.01. The lowest BCUT2D eigenvalue weighted by atomic mass is 10.2. The molecule has 0 aromatic heterocycles.